The molecule has 0 aromatic carbocycles. The summed E-state index contributed by atoms with van der Waals surface area (Å²) in [5.74, 6) is 0.919. The van der Waals surface area contributed by atoms with Crippen LogP contribution in [-0.2, 0) is 6.54 Å². The monoisotopic (exact) mass is 179 g/mol. The molecule has 1 aromatic heterocycles. The highest BCUT2D eigenvalue weighted by Crippen LogP contribution is 2.17. The van der Waals surface area contributed by atoms with Gasteiger partial charge in [-0.1, -0.05) is 6.07 Å². The molecular weight excluding hydrogens is 166 g/mol. The summed E-state index contributed by atoms with van der Waals surface area (Å²) >= 11 is 0. The van der Waals surface area contributed by atoms with Gasteiger partial charge < -0.3 is 15.7 Å². The Morgan fingerprint density at radius 3 is 2.77 bits per heavy atom. The van der Waals surface area contributed by atoms with Crippen LogP contribution < -0.4 is 10.6 Å². The number of aliphatic hydroxyl groups is 1. The number of rotatable bonds is 2. The Hall–Kier alpha value is -1.13. The third-order valence-corrected chi connectivity index (χ3v) is 2.23. The predicted octanol–water partition coefficient (Wildman–Crippen LogP) is -0.279. The Bertz CT molecular complexity index is 279. The number of β-amino-alcohol motifs (C(OH)–C–C–N with tert-alkyl or cyclic N) is 1. The zero-order valence-corrected chi connectivity index (χ0v) is 7.35. The normalized spacial score (nSPS) is 17.2. The number of nitrogens with two attached hydrogens (primary N) is 1. The molecule has 0 unspecified atom stereocenters. The smallest absolute Gasteiger partial charge is 0.128 e. The lowest BCUT2D eigenvalue weighted by Gasteiger charge is -2.36. The van der Waals surface area contributed by atoms with E-state index >= 15 is 0 Å². The lowest BCUT2D eigenvalue weighted by molar-refractivity contribution is 0.141. The second-order valence-electron chi connectivity index (χ2n) is 3.29. The average molecular weight is 179 g/mol. The first kappa shape index (κ1) is 8.47. The average Bonchev–Trinajstić information content (AvgIpc) is 2.13. The molecule has 1 aliphatic rings. The highest BCUT2D eigenvalue weighted by Gasteiger charge is 2.24. The second kappa shape index (κ2) is 3.32. The van der Waals surface area contributed by atoms with Crippen LogP contribution in [0.1, 0.15) is 5.56 Å². The van der Waals surface area contributed by atoms with Crippen molar-refractivity contribution >= 4 is 5.82 Å². The van der Waals surface area contributed by atoms with Crippen molar-refractivity contribution in [3.8, 4) is 0 Å². The van der Waals surface area contributed by atoms with Gasteiger partial charge in [-0.3, -0.25) is 0 Å². The number of pyridine rings is 1. The van der Waals surface area contributed by atoms with E-state index in [1.165, 1.54) is 0 Å². The second-order valence-corrected chi connectivity index (χ2v) is 3.29. The van der Waals surface area contributed by atoms with Gasteiger partial charge in [-0.25, -0.2) is 4.98 Å². The Kier molecular flexibility index (Phi) is 2.16. The Balaban J connectivity index is 2.06. The molecular formula is C9H13N3O. The van der Waals surface area contributed by atoms with Gasteiger partial charge in [0.1, 0.15) is 5.82 Å². The molecule has 4 nitrogen and oxygen atoms in total. The summed E-state index contributed by atoms with van der Waals surface area (Å²) in [5, 5.41) is 9.09. The van der Waals surface area contributed by atoms with E-state index in [4.69, 9.17) is 10.8 Å². The minimum absolute atomic E-state index is 0.184. The molecule has 0 radical (unpaired) electrons. The standard InChI is InChI=1S/C9H13N3O/c10-3-7-1-2-9(11-4-7)12-5-8(13)6-12/h1-2,4,8,13H,3,5-6,10H2. The minimum atomic E-state index is -0.184. The quantitative estimate of drug-likeness (QED) is 0.655. The van der Waals surface area contributed by atoms with Crippen LogP contribution in [0.25, 0.3) is 0 Å². The number of nitrogens with zero attached hydrogens (tertiary/aromatic N) is 2. The predicted molar refractivity (Wildman–Crippen MR) is 50.3 cm³/mol. The van der Waals surface area contributed by atoms with Gasteiger partial charge >= 0.3 is 0 Å². The summed E-state index contributed by atoms with van der Waals surface area (Å²) in [6.07, 6.45) is 1.59. The van der Waals surface area contributed by atoms with Crippen molar-refractivity contribution in [3.63, 3.8) is 0 Å². The van der Waals surface area contributed by atoms with Crippen LogP contribution in [0.4, 0.5) is 5.82 Å². The first-order valence-electron chi connectivity index (χ1n) is 4.37. The summed E-state index contributed by atoms with van der Waals surface area (Å²) in [5.41, 5.74) is 6.48. The third-order valence-electron chi connectivity index (χ3n) is 2.23. The van der Waals surface area contributed by atoms with Crippen molar-refractivity contribution in [2.45, 2.75) is 12.6 Å². The fourth-order valence-corrected chi connectivity index (χ4v) is 1.37. The van der Waals surface area contributed by atoms with E-state index in [1.807, 2.05) is 17.0 Å². The summed E-state index contributed by atoms with van der Waals surface area (Å²) < 4.78 is 0. The van der Waals surface area contributed by atoms with Gasteiger partial charge in [0, 0.05) is 25.8 Å². The van der Waals surface area contributed by atoms with E-state index in [9.17, 15) is 0 Å². The molecule has 4 heteroatoms. The minimum Gasteiger partial charge on any atom is -0.389 e. The van der Waals surface area contributed by atoms with E-state index in [-0.39, 0.29) is 6.10 Å². The van der Waals surface area contributed by atoms with Crippen molar-refractivity contribution in [1.29, 1.82) is 0 Å². The van der Waals surface area contributed by atoms with Crippen LogP contribution in [0.15, 0.2) is 18.3 Å². The highest BCUT2D eigenvalue weighted by atomic mass is 16.3. The van der Waals surface area contributed by atoms with E-state index in [0.717, 1.165) is 11.4 Å². The molecule has 2 heterocycles. The van der Waals surface area contributed by atoms with Crippen LogP contribution in [0.5, 0.6) is 0 Å². The molecule has 1 aliphatic heterocycles. The first-order chi connectivity index (χ1) is 6.29. The van der Waals surface area contributed by atoms with E-state index in [2.05, 4.69) is 4.98 Å². The molecule has 1 fully saturated rings. The van der Waals surface area contributed by atoms with Crippen molar-refractivity contribution < 1.29 is 5.11 Å². The summed E-state index contributed by atoms with van der Waals surface area (Å²) in [6.45, 7) is 1.90. The fraction of sp³-hybridized carbons (Fsp3) is 0.444. The molecule has 0 spiro atoms. The summed E-state index contributed by atoms with van der Waals surface area (Å²) in [7, 11) is 0. The lowest BCUT2D eigenvalue weighted by atomic mass is 10.1. The van der Waals surface area contributed by atoms with Gasteiger partial charge in [-0.15, -0.1) is 0 Å². The molecule has 2 rings (SSSR count). The zero-order valence-electron chi connectivity index (χ0n) is 7.35. The number of aromatic nitrogens is 1. The Labute approximate surface area is 77.0 Å². The van der Waals surface area contributed by atoms with Crippen molar-refractivity contribution in [3.05, 3.63) is 23.9 Å². The van der Waals surface area contributed by atoms with Gasteiger partial charge in [0.2, 0.25) is 0 Å². The number of anilines is 1. The Morgan fingerprint density at radius 2 is 2.31 bits per heavy atom. The molecule has 13 heavy (non-hydrogen) atoms. The zero-order chi connectivity index (χ0) is 9.26. The van der Waals surface area contributed by atoms with Crippen molar-refractivity contribution in [2.75, 3.05) is 18.0 Å². The largest absolute Gasteiger partial charge is 0.389 e. The van der Waals surface area contributed by atoms with Crippen molar-refractivity contribution in [1.82, 2.24) is 4.98 Å². The number of hydrogen-bond donors (Lipinski definition) is 2. The fourth-order valence-electron chi connectivity index (χ4n) is 1.37. The van der Waals surface area contributed by atoms with Crippen molar-refractivity contribution in [2.24, 2.45) is 5.73 Å². The maximum atomic E-state index is 9.09. The third kappa shape index (κ3) is 1.64. The van der Waals surface area contributed by atoms with Crippen LogP contribution in [0, 0.1) is 0 Å². The highest BCUT2D eigenvalue weighted by molar-refractivity contribution is 5.42. The van der Waals surface area contributed by atoms with Gasteiger partial charge in [0.05, 0.1) is 6.10 Å². The molecule has 1 aromatic rings. The summed E-state index contributed by atoms with van der Waals surface area (Å²) in [6, 6.07) is 3.90. The maximum Gasteiger partial charge on any atom is 0.128 e. The van der Waals surface area contributed by atoms with Crippen LogP contribution in [0.2, 0.25) is 0 Å². The van der Waals surface area contributed by atoms with Crippen LogP contribution in [0.3, 0.4) is 0 Å². The van der Waals surface area contributed by atoms with Gasteiger partial charge in [0.15, 0.2) is 0 Å². The number of hydrogen-bond acceptors (Lipinski definition) is 4. The topological polar surface area (TPSA) is 62.4 Å². The van der Waals surface area contributed by atoms with Crippen LogP contribution >= 0.6 is 0 Å². The molecule has 0 amide bonds. The van der Waals surface area contributed by atoms with E-state index < -0.39 is 0 Å². The van der Waals surface area contributed by atoms with E-state index in [0.29, 0.717) is 19.6 Å². The molecule has 0 aliphatic carbocycles. The van der Waals surface area contributed by atoms with Gasteiger partial charge in [-0.2, -0.15) is 0 Å². The maximum absolute atomic E-state index is 9.09. The SMILES string of the molecule is NCc1ccc(N2CC(O)C2)nc1. The van der Waals surface area contributed by atoms with E-state index in [1.54, 1.807) is 6.20 Å². The van der Waals surface area contributed by atoms with Gasteiger partial charge in [0.25, 0.3) is 0 Å². The lowest BCUT2D eigenvalue weighted by Crippen LogP contribution is -2.51. The number of aliphatic hydroxyl groups excluding tert-OH is 1. The molecule has 70 valence electrons. The molecule has 0 atom stereocenters. The molecule has 0 saturated carbocycles. The molecule has 1 saturated heterocycles. The van der Waals surface area contributed by atoms with Crippen LogP contribution in [-0.4, -0.2) is 29.3 Å². The molecule has 3 N–H and O–H groups in total. The molecule has 0 bridgehead atoms. The summed E-state index contributed by atoms with van der Waals surface area (Å²) in [4.78, 5) is 6.27. The van der Waals surface area contributed by atoms with Gasteiger partial charge in [-0.05, 0) is 11.6 Å². The first-order valence-corrected chi connectivity index (χ1v) is 4.37. The Morgan fingerprint density at radius 1 is 1.54 bits per heavy atom.